The van der Waals surface area contributed by atoms with Crippen LogP contribution in [0.4, 0.5) is 11.5 Å². The summed E-state index contributed by atoms with van der Waals surface area (Å²) in [5.74, 6) is 1.84. The van der Waals surface area contributed by atoms with E-state index in [1.54, 1.807) is 18.9 Å². The summed E-state index contributed by atoms with van der Waals surface area (Å²) in [5, 5.41) is 0. The minimum Gasteiger partial charge on any atom is -0.497 e. The zero-order valence-electron chi connectivity index (χ0n) is 16.2. The van der Waals surface area contributed by atoms with Gasteiger partial charge in [-0.15, -0.1) is 11.8 Å². The number of benzene rings is 2. The van der Waals surface area contributed by atoms with E-state index in [9.17, 15) is 0 Å². The lowest BCUT2D eigenvalue weighted by Crippen LogP contribution is -2.46. The minimum absolute atomic E-state index is 0.894. The molecule has 3 aromatic rings. The summed E-state index contributed by atoms with van der Waals surface area (Å²) in [7, 11) is 1.71. The monoisotopic (exact) mass is 392 g/mol. The second kappa shape index (κ2) is 8.52. The topological polar surface area (TPSA) is 41.5 Å². The Morgan fingerprint density at radius 2 is 1.68 bits per heavy atom. The molecule has 1 fully saturated rings. The number of hydrogen-bond donors (Lipinski definition) is 0. The van der Waals surface area contributed by atoms with Gasteiger partial charge < -0.3 is 14.5 Å². The van der Waals surface area contributed by atoms with Gasteiger partial charge in [0.05, 0.1) is 25.2 Å². The summed E-state index contributed by atoms with van der Waals surface area (Å²) in [6, 6.07) is 16.7. The Hall–Kier alpha value is -2.73. The predicted molar refractivity (Wildman–Crippen MR) is 117 cm³/mol. The van der Waals surface area contributed by atoms with Crippen LogP contribution in [0.15, 0.2) is 65.8 Å². The van der Waals surface area contributed by atoms with Gasteiger partial charge in [-0.3, -0.25) is 4.98 Å². The average molecular weight is 393 g/mol. The molecule has 0 unspecified atom stereocenters. The minimum atomic E-state index is 0.894. The molecule has 144 valence electrons. The molecule has 2 heterocycles. The Labute approximate surface area is 170 Å². The molecule has 4 rings (SSSR count). The summed E-state index contributed by atoms with van der Waals surface area (Å²) < 4.78 is 5.35. The van der Waals surface area contributed by atoms with Gasteiger partial charge in [-0.1, -0.05) is 18.2 Å². The number of aromatic nitrogens is 2. The smallest absolute Gasteiger partial charge is 0.147 e. The van der Waals surface area contributed by atoms with Crippen LogP contribution in [0, 0.1) is 0 Å². The maximum absolute atomic E-state index is 5.35. The number of rotatable bonds is 5. The van der Waals surface area contributed by atoms with Gasteiger partial charge in [-0.25, -0.2) is 4.98 Å². The van der Waals surface area contributed by atoms with Crippen LogP contribution in [0.25, 0.3) is 11.3 Å². The van der Waals surface area contributed by atoms with Crippen molar-refractivity contribution < 1.29 is 4.74 Å². The SMILES string of the molecule is COc1cccc(N2CCN(c3cncc(-c4ccc(SC)cc4)n3)CC2)c1. The number of piperazine rings is 1. The Morgan fingerprint density at radius 1 is 0.929 bits per heavy atom. The Balaban J connectivity index is 1.45. The molecule has 0 spiro atoms. The van der Waals surface area contributed by atoms with Crippen LogP contribution >= 0.6 is 11.8 Å². The molecule has 0 atom stereocenters. The summed E-state index contributed by atoms with van der Waals surface area (Å²) in [6.45, 7) is 3.73. The van der Waals surface area contributed by atoms with Gasteiger partial charge in [0.1, 0.15) is 11.6 Å². The number of methoxy groups -OCH3 is 1. The summed E-state index contributed by atoms with van der Waals surface area (Å²) in [5.41, 5.74) is 3.22. The first kappa shape index (κ1) is 18.6. The van der Waals surface area contributed by atoms with E-state index in [2.05, 4.69) is 57.4 Å². The van der Waals surface area contributed by atoms with Crippen LogP contribution in [0.5, 0.6) is 5.75 Å². The Kier molecular flexibility index (Phi) is 5.67. The lowest BCUT2D eigenvalue weighted by molar-refractivity contribution is 0.414. The van der Waals surface area contributed by atoms with E-state index >= 15 is 0 Å². The summed E-state index contributed by atoms with van der Waals surface area (Å²) in [6.07, 6.45) is 5.78. The molecule has 5 nitrogen and oxygen atoms in total. The zero-order chi connectivity index (χ0) is 19.3. The van der Waals surface area contributed by atoms with Gasteiger partial charge in [0, 0.05) is 48.4 Å². The fourth-order valence-electron chi connectivity index (χ4n) is 3.41. The summed E-state index contributed by atoms with van der Waals surface area (Å²) >= 11 is 1.74. The van der Waals surface area contributed by atoms with Crippen LogP contribution in [0.1, 0.15) is 0 Å². The second-order valence-electron chi connectivity index (χ2n) is 6.67. The number of nitrogens with zero attached hydrogens (tertiary/aromatic N) is 4. The zero-order valence-corrected chi connectivity index (χ0v) is 17.0. The highest BCUT2D eigenvalue weighted by molar-refractivity contribution is 7.98. The largest absolute Gasteiger partial charge is 0.497 e. The van der Waals surface area contributed by atoms with E-state index in [0.717, 1.165) is 49.0 Å². The molecule has 6 heteroatoms. The van der Waals surface area contributed by atoms with Gasteiger partial charge in [-0.2, -0.15) is 0 Å². The third-order valence-corrected chi connectivity index (χ3v) is 5.77. The predicted octanol–water partition coefficient (Wildman–Crippen LogP) is 4.20. The number of anilines is 2. The van der Waals surface area contributed by atoms with Crippen LogP contribution in [-0.2, 0) is 0 Å². The van der Waals surface area contributed by atoms with E-state index in [1.807, 2.05) is 24.5 Å². The van der Waals surface area contributed by atoms with Gasteiger partial charge >= 0.3 is 0 Å². The van der Waals surface area contributed by atoms with Crippen molar-refractivity contribution in [2.45, 2.75) is 4.90 Å². The lowest BCUT2D eigenvalue weighted by atomic mass is 10.1. The van der Waals surface area contributed by atoms with Crippen LogP contribution in [-0.4, -0.2) is 49.5 Å². The van der Waals surface area contributed by atoms with E-state index in [-0.39, 0.29) is 0 Å². The van der Waals surface area contributed by atoms with E-state index in [4.69, 9.17) is 9.72 Å². The molecule has 0 saturated carbocycles. The first-order valence-corrected chi connectivity index (χ1v) is 10.6. The van der Waals surface area contributed by atoms with Crippen LogP contribution in [0.3, 0.4) is 0 Å². The number of hydrogen-bond acceptors (Lipinski definition) is 6. The van der Waals surface area contributed by atoms with Gasteiger partial charge in [-0.05, 0) is 30.5 Å². The highest BCUT2D eigenvalue weighted by Crippen LogP contribution is 2.25. The van der Waals surface area contributed by atoms with Crippen molar-refractivity contribution in [3.8, 4) is 17.0 Å². The summed E-state index contributed by atoms with van der Waals surface area (Å²) in [4.78, 5) is 15.3. The Bertz CT molecular complexity index is 924. The Morgan fingerprint density at radius 3 is 2.39 bits per heavy atom. The molecule has 0 bridgehead atoms. The molecule has 1 saturated heterocycles. The maximum Gasteiger partial charge on any atom is 0.147 e. The highest BCUT2D eigenvalue weighted by atomic mass is 32.2. The van der Waals surface area contributed by atoms with E-state index < -0.39 is 0 Å². The molecular formula is C22H24N4OS. The quantitative estimate of drug-likeness (QED) is 0.606. The van der Waals surface area contributed by atoms with E-state index in [1.165, 1.54) is 10.6 Å². The van der Waals surface area contributed by atoms with Crippen molar-refractivity contribution in [3.05, 3.63) is 60.9 Å². The normalized spacial score (nSPS) is 14.2. The standard InChI is InChI=1S/C22H24N4OS/c1-27-19-5-3-4-18(14-19)25-10-12-26(13-11-25)22-16-23-15-21(24-22)17-6-8-20(28-2)9-7-17/h3-9,14-16H,10-13H2,1-2H3. The third-order valence-electron chi connectivity index (χ3n) is 5.03. The molecule has 0 radical (unpaired) electrons. The number of thioether (sulfide) groups is 1. The van der Waals surface area contributed by atoms with E-state index in [0.29, 0.717) is 0 Å². The van der Waals surface area contributed by atoms with Gasteiger partial charge in [0.2, 0.25) is 0 Å². The molecule has 0 aliphatic carbocycles. The third kappa shape index (κ3) is 4.07. The molecule has 1 aromatic heterocycles. The number of ether oxygens (including phenoxy) is 1. The van der Waals surface area contributed by atoms with Crippen molar-refractivity contribution in [2.24, 2.45) is 0 Å². The molecule has 28 heavy (non-hydrogen) atoms. The van der Waals surface area contributed by atoms with Gasteiger partial charge in [0.25, 0.3) is 0 Å². The second-order valence-corrected chi connectivity index (χ2v) is 7.55. The fraction of sp³-hybridized carbons (Fsp3) is 0.273. The molecule has 2 aromatic carbocycles. The van der Waals surface area contributed by atoms with Crippen molar-refractivity contribution in [3.63, 3.8) is 0 Å². The van der Waals surface area contributed by atoms with Crippen molar-refractivity contribution in [2.75, 3.05) is 49.3 Å². The van der Waals surface area contributed by atoms with Crippen LogP contribution < -0.4 is 14.5 Å². The average Bonchev–Trinajstić information content (AvgIpc) is 2.79. The molecule has 1 aliphatic heterocycles. The molecular weight excluding hydrogens is 368 g/mol. The molecule has 1 aliphatic rings. The highest BCUT2D eigenvalue weighted by Gasteiger charge is 2.19. The fourth-order valence-corrected chi connectivity index (χ4v) is 3.82. The molecule has 0 N–H and O–H groups in total. The van der Waals surface area contributed by atoms with Crippen molar-refractivity contribution in [1.29, 1.82) is 0 Å². The lowest BCUT2D eigenvalue weighted by Gasteiger charge is -2.36. The first-order chi connectivity index (χ1) is 13.8. The van der Waals surface area contributed by atoms with Crippen molar-refractivity contribution >= 4 is 23.3 Å². The molecule has 0 amide bonds. The van der Waals surface area contributed by atoms with Crippen molar-refractivity contribution in [1.82, 2.24) is 9.97 Å². The van der Waals surface area contributed by atoms with Gasteiger partial charge in [0.15, 0.2) is 0 Å². The van der Waals surface area contributed by atoms with Crippen LogP contribution in [0.2, 0.25) is 0 Å². The first-order valence-electron chi connectivity index (χ1n) is 9.37. The maximum atomic E-state index is 5.35.